The Bertz CT molecular complexity index is 1840. The van der Waals surface area contributed by atoms with Gasteiger partial charge in [0, 0.05) is 34.8 Å². The smallest absolute Gasteiger partial charge is 0.245 e. The minimum Gasteiger partial charge on any atom is -0.487 e. The van der Waals surface area contributed by atoms with Crippen LogP contribution in [-0.4, -0.2) is 36.2 Å². The molecule has 1 aliphatic rings. The lowest BCUT2D eigenvalue weighted by Gasteiger charge is -2.24. The number of para-hydroxylation sites is 1. The molecule has 1 aliphatic heterocycles. The summed E-state index contributed by atoms with van der Waals surface area (Å²) in [4.78, 5) is 17.6. The average Bonchev–Trinajstić information content (AvgIpc) is 3.47. The van der Waals surface area contributed by atoms with Gasteiger partial charge in [-0.2, -0.15) is 9.57 Å². The zero-order chi connectivity index (χ0) is 30.0. The van der Waals surface area contributed by atoms with Gasteiger partial charge >= 0.3 is 0 Å². The number of hydrogen-bond acceptors (Lipinski definition) is 6. The zero-order valence-corrected chi connectivity index (χ0v) is 25.4. The highest BCUT2D eigenvalue weighted by atomic mass is 35.5. The summed E-state index contributed by atoms with van der Waals surface area (Å²) in [5.41, 5.74) is 4.14. The third-order valence-electron chi connectivity index (χ3n) is 7.28. The summed E-state index contributed by atoms with van der Waals surface area (Å²) in [6, 6.07) is 18.5. The van der Waals surface area contributed by atoms with Crippen LogP contribution in [-0.2, 0) is 28.0 Å². The lowest BCUT2D eigenvalue weighted by Crippen LogP contribution is -2.45. The molecule has 1 atom stereocenters. The van der Waals surface area contributed by atoms with Crippen LogP contribution in [0.25, 0.3) is 10.9 Å². The van der Waals surface area contributed by atoms with Crippen molar-refractivity contribution in [2.45, 2.75) is 50.8 Å². The molecule has 216 valence electrons. The molecule has 3 aromatic carbocycles. The first-order chi connectivity index (χ1) is 20.1. The summed E-state index contributed by atoms with van der Waals surface area (Å²) >= 11 is 13.2. The number of pyridine rings is 1. The van der Waals surface area contributed by atoms with E-state index in [1.807, 2.05) is 32.0 Å². The second-order valence-electron chi connectivity index (χ2n) is 10.2. The highest BCUT2D eigenvalue weighted by Gasteiger charge is 2.40. The number of rotatable bonds is 8. The van der Waals surface area contributed by atoms with Crippen LogP contribution in [0.2, 0.25) is 10.0 Å². The molecule has 1 saturated heterocycles. The van der Waals surface area contributed by atoms with Crippen molar-refractivity contribution in [1.29, 1.82) is 5.26 Å². The molecule has 1 aromatic heterocycles. The number of benzene rings is 3. The topological polar surface area (TPSA) is 112 Å². The van der Waals surface area contributed by atoms with Crippen LogP contribution in [0.3, 0.4) is 0 Å². The van der Waals surface area contributed by atoms with E-state index in [4.69, 9.17) is 33.2 Å². The molecule has 0 bridgehead atoms. The second kappa shape index (κ2) is 12.3. The molecule has 0 saturated carbocycles. The molecule has 1 amide bonds. The minimum absolute atomic E-state index is 0.0533. The number of fused-ring (bicyclic) bond motifs is 1. The standard InChI is InChI=1S/C31H28Cl2N4O4S/c1-19-14-20(2)36-30-23(19)8-4-10-27(30)41-18-24-25(32)11-12-28(29(24)33)42(39,40)37-13-5-9-26(37)31(38)35-17-22-7-3-6-21(15-22)16-34/h3-4,6-8,10-12,14-15,26H,5,9,13,17-18H2,1-2H3,(H,35,38). The van der Waals surface area contributed by atoms with E-state index in [9.17, 15) is 13.2 Å². The van der Waals surface area contributed by atoms with Crippen molar-refractivity contribution in [1.82, 2.24) is 14.6 Å². The molecular weight excluding hydrogens is 595 g/mol. The number of sulfonamides is 1. The Balaban J connectivity index is 1.37. The molecule has 42 heavy (non-hydrogen) atoms. The highest BCUT2D eigenvalue weighted by molar-refractivity contribution is 7.89. The van der Waals surface area contributed by atoms with Gasteiger partial charge in [0.25, 0.3) is 0 Å². The number of hydrogen-bond donors (Lipinski definition) is 1. The number of nitrogens with one attached hydrogen (secondary N) is 1. The Hall–Kier alpha value is -3.68. The summed E-state index contributed by atoms with van der Waals surface area (Å²) in [5, 5.41) is 13.1. The number of aromatic nitrogens is 1. The maximum absolute atomic E-state index is 13.8. The Morgan fingerprint density at radius 1 is 1.14 bits per heavy atom. The third-order valence-corrected chi connectivity index (χ3v) is 10.1. The first-order valence-electron chi connectivity index (χ1n) is 13.4. The van der Waals surface area contributed by atoms with Gasteiger partial charge in [-0.3, -0.25) is 4.79 Å². The van der Waals surface area contributed by atoms with Crippen LogP contribution in [0, 0.1) is 25.2 Å². The van der Waals surface area contributed by atoms with Crippen molar-refractivity contribution in [2.24, 2.45) is 0 Å². The fraction of sp³-hybridized carbons (Fsp3) is 0.258. The maximum Gasteiger partial charge on any atom is 0.245 e. The van der Waals surface area contributed by atoms with Gasteiger partial charge in [-0.15, -0.1) is 0 Å². The van der Waals surface area contributed by atoms with E-state index in [0.717, 1.165) is 22.2 Å². The predicted molar refractivity (Wildman–Crippen MR) is 162 cm³/mol. The molecule has 5 rings (SSSR count). The Morgan fingerprint density at radius 2 is 1.93 bits per heavy atom. The first-order valence-corrected chi connectivity index (χ1v) is 15.5. The SMILES string of the molecule is Cc1cc(C)c2cccc(OCc3c(Cl)ccc(S(=O)(=O)N4CCCC4C(=O)NCc4cccc(C#N)c4)c3Cl)c2n1. The molecule has 8 nitrogen and oxygen atoms in total. The van der Waals surface area contributed by atoms with E-state index in [1.54, 1.807) is 30.3 Å². The van der Waals surface area contributed by atoms with Gasteiger partial charge in [0.2, 0.25) is 15.9 Å². The van der Waals surface area contributed by atoms with Crippen LogP contribution < -0.4 is 10.1 Å². The van der Waals surface area contributed by atoms with Gasteiger partial charge in [0.05, 0.1) is 16.7 Å². The molecule has 1 N–H and O–H groups in total. The summed E-state index contributed by atoms with van der Waals surface area (Å²) in [7, 11) is -4.15. The van der Waals surface area contributed by atoms with E-state index < -0.39 is 22.0 Å². The largest absolute Gasteiger partial charge is 0.487 e. The molecular formula is C31H28Cl2N4O4S. The quantitative estimate of drug-likeness (QED) is 0.255. The second-order valence-corrected chi connectivity index (χ2v) is 12.8. The lowest BCUT2D eigenvalue weighted by molar-refractivity contribution is -0.124. The molecule has 1 unspecified atom stereocenters. The van der Waals surface area contributed by atoms with E-state index in [0.29, 0.717) is 35.2 Å². The van der Waals surface area contributed by atoms with E-state index in [2.05, 4.69) is 16.4 Å². The summed E-state index contributed by atoms with van der Waals surface area (Å²) < 4.78 is 35.0. The monoisotopic (exact) mass is 622 g/mol. The normalized spacial score (nSPS) is 15.5. The summed E-state index contributed by atoms with van der Waals surface area (Å²) in [6.07, 6.45) is 0.896. The maximum atomic E-state index is 13.8. The first kappa shape index (κ1) is 29.8. The molecule has 0 radical (unpaired) electrons. The van der Waals surface area contributed by atoms with E-state index in [-0.39, 0.29) is 34.6 Å². The number of nitrogens with zero attached hydrogens (tertiary/aromatic N) is 3. The Labute approximate surface area is 254 Å². The minimum atomic E-state index is -4.15. The highest BCUT2D eigenvalue weighted by Crippen LogP contribution is 2.36. The summed E-state index contributed by atoms with van der Waals surface area (Å²) in [5.74, 6) is 0.109. The number of amides is 1. The van der Waals surface area contributed by atoms with E-state index >= 15 is 0 Å². The summed E-state index contributed by atoms with van der Waals surface area (Å²) in [6.45, 7) is 4.17. The van der Waals surface area contributed by atoms with Crippen LogP contribution in [0.15, 0.2) is 65.6 Å². The zero-order valence-electron chi connectivity index (χ0n) is 23.0. The molecule has 1 fully saturated rings. The third kappa shape index (κ3) is 5.94. The predicted octanol–water partition coefficient (Wildman–Crippen LogP) is 6.08. The fourth-order valence-electron chi connectivity index (χ4n) is 5.20. The van der Waals surface area contributed by atoms with Crippen molar-refractivity contribution in [3.05, 3.63) is 98.7 Å². The van der Waals surface area contributed by atoms with Crippen LogP contribution in [0.4, 0.5) is 0 Å². The molecule has 0 aliphatic carbocycles. The number of nitriles is 1. The van der Waals surface area contributed by atoms with Crippen molar-refractivity contribution < 1.29 is 17.9 Å². The van der Waals surface area contributed by atoms with Crippen LogP contribution >= 0.6 is 23.2 Å². The van der Waals surface area contributed by atoms with Gasteiger partial charge < -0.3 is 10.1 Å². The van der Waals surface area contributed by atoms with Crippen LogP contribution in [0.5, 0.6) is 5.75 Å². The molecule has 2 heterocycles. The van der Waals surface area contributed by atoms with E-state index in [1.165, 1.54) is 16.4 Å². The van der Waals surface area contributed by atoms with Gasteiger partial charge in [-0.05, 0) is 74.2 Å². The average molecular weight is 624 g/mol. The number of carbonyl (C=O) groups is 1. The Morgan fingerprint density at radius 3 is 2.71 bits per heavy atom. The number of aryl methyl sites for hydroxylation is 2. The van der Waals surface area contributed by atoms with Crippen molar-refractivity contribution in [3.63, 3.8) is 0 Å². The fourth-order valence-corrected chi connectivity index (χ4v) is 7.72. The van der Waals surface area contributed by atoms with Crippen molar-refractivity contribution in [2.75, 3.05) is 6.54 Å². The van der Waals surface area contributed by atoms with Gasteiger partial charge in [0.1, 0.15) is 28.8 Å². The number of carbonyl (C=O) groups excluding carboxylic acids is 1. The number of ether oxygens (including phenoxy) is 1. The molecule has 0 spiro atoms. The van der Waals surface area contributed by atoms with Gasteiger partial charge in [-0.25, -0.2) is 13.4 Å². The Kier molecular flexibility index (Phi) is 8.71. The molecule has 4 aromatic rings. The van der Waals surface area contributed by atoms with Crippen molar-refractivity contribution >= 4 is 50.0 Å². The van der Waals surface area contributed by atoms with Gasteiger partial charge in [-0.1, -0.05) is 47.5 Å². The van der Waals surface area contributed by atoms with Crippen LogP contribution in [0.1, 0.15) is 40.8 Å². The van der Waals surface area contributed by atoms with Crippen molar-refractivity contribution in [3.8, 4) is 11.8 Å². The lowest BCUT2D eigenvalue weighted by atomic mass is 10.1. The number of halogens is 2. The van der Waals surface area contributed by atoms with Gasteiger partial charge in [0.15, 0.2) is 0 Å². The molecule has 11 heteroatoms.